The molecule has 1 aromatic rings. The summed E-state index contributed by atoms with van der Waals surface area (Å²) in [7, 11) is 0. The van der Waals surface area contributed by atoms with Crippen LogP contribution in [0.3, 0.4) is 0 Å². The fourth-order valence-electron chi connectivity index (χ4n) is 2.35. The lowest BCUT2D eigenvalue weighted by Crippen LogP contribution is -2.50. The topological polar surface area (TPSA) is 47.4 Å². The molecule has 0 radical (unpaired) electrons. The molecule has 20 heavy (non-hydrogen) atoms. The van der Waals surface area contributed by atoms with Crippen LogP contribution in [0, 0.1) is 0 Å². The van der Waals surface area contributed by atoms with Gasteiger partial charge in [-0.05, 0) is 68.6 Å². The minimum absolute atomic E-state index is 0.0511. The molecule has 1 aromatic heterocycles. The van der Waals surface area contributed by atoms with Crippen LogP contribution in [0.25, 0.3) is 0 Å². The van der Waals surface area contributed by atoms with Gasteiger partial charge in [-0.25, -0.2) is 4.68 Å². The first kappa shape index (κ1) is 16.5. The first-order valence-electron chi connectivity index (χ1n) is 6.34. The number of carbonyl (C=O) groups excluding carboxylic acids is 1. The summed E-state index contributed by atoms with van der Waals surface area (Å²) in [6.07, 6.45) is 0.129. The van der Waals surface area contributed by atoms with Gasteiger partial charge in [0.15, 0.2) is 0 Å². The first-order chi connectivity index (χ1) is 9.31. The third kappa shape index (κ3) is 3.28. The van der Waals surface area contributed by atoms with E-state index in [1.165, 1.54) is 0 Å². The summed E-state index contributed by atoms with van der Waals surface area (Å²) < 4.78 is 9.56. The molecule has 0 aliphatic carbocycles. The Morgan fingerprint density at radius 1 is 1.30 bits per heavy atom. The minimum Gasteiger partial charge on any atom is -0.372 e. The molecule has 1 aliphatic rings. The second-order valence-corrected chi connectivity index (χ2v) is 7.31. The molecule has 1 amide bonds. The van der Waals surface area contributed by atoms with E-state index in [1.807, 2.05) is 25.7 Å². The Labute approximate surface area is 143 Å². The lowest BCUT2D eigenvalue weighted by molar-refractivity contribution is -0.146. The molecule has 112 valence electrons. The molecule has 3 atom stereocenters. The quantitative estimate of drug-likeness (QED) is 0.661. The van der Waals surface area contributed by atoms with Crippen molar-refractivity contribution in [3.05, 3.63) is 13.7 Å². The molecule has 1 fully saturated rings. The van der Waals surface area contributed by atoms with Gasteiger partial charge < -0.3 is 9.64 Å². The van der Waals surface area contributed by atoms with E-state index in [0.29, 0.717) is 17.7 Å². The molecule has 0 spiro atoms. The molecule has 0 bridgehead atoms. The second kappa shape index (κ2) is 6.46. The number of halogens is 3. The summed E-state index contributed by atoms with van der Waals surface area (Å²) in [5.41, 5.74) is 0. The normalized spacial score (nSPS) is 24.8. The van der Waals surface area contributed by atoms with Gasteiger partial charge in [-0.1, -0.05) is 0 Å². The van der Waals surface area contributed by atoms with Crippen molar-refractivity contribution in [2.45, 2.75) is 39.0 Å². The zero-order chi connectivity index (χ0) is 15.0. The predicted molar refractivity (Wildman–Crippen MR) is 86.6 cm³/mol. The number of aromatic nitrogens is 2. The lowest BCUT2D eigenvalue weighted by Gasteiger charge is -2.36. The SMILES string of the molecule is CC1CN(C(=O)C(C)n2nc(Br)c(Br)c2Br)CC(C)O1. The third-order valence-electron chi connectivity index (χ3n) is 3.21. The number of carbonyl (C=O) groups is 1. The average Bonchev–Trinajstić information content (AvgIpc) is 2.63. The smallest absolute Gasteiger partial charge is 0.247 e. The number of hydrogen-bond donors (Lipinski definition) is 0. The van der Waals surface area contributed by atoms with Crippen LogP contribution >= 0.6 is 47.8 Å². The van der Waals surface area contributed by atoms with E-state index >= 15 is 0 Å². The lowest BCUT2D eigenvalue weighted by atomic mass is 10.2. The van der Waals surface area contributed by atoms with Crippen LogP contribution in [0.4, 0.5) is 0 Å². The van der Waals surface area contributed by atoms with Gasteiger partial charge in [0, 0.05) is 13.1 Å². The maximum absolute atomic E-state index is 12.6. The summed E-state index contributed by atoms with van der Waals surface area (Å²) >= 11 is 10.2. The Hall–Kier alpha value is 0.0800. The number of amides is 1. The summed E-state index contributed by atoms with van der Waals surface area (Å²) in [6.45, 7) is 7.06. The van der Waals surface area contributed by atoms with Crippen LogP contribution in [0.1, 0.15) is 26.8 Å². The van der Waals surface area contributed by atoms with Crippen molar-refractivity contribution in [3.63, 3.8) is 0 Å². The Morgan fingerprint density at radius 2 is 1.85 bits per heavy atom. The van der Waals surface area contributed by atoms with E-state index in [4.69, 9.17) is 4.74 Å². The molecule has 1 saturated heterocycles. The number of hydrogen-bond acceptors (Lipinski definition) is 3. The molecule has 5 nitrogen and oxygen atoms in total. The van der Waals surface area contributed by atoms with Gasteiger partial charge in [0.2, 0.25) is 5.91 Å². The molecule has 2 heterocycles. The number of rotatable bonds is 2. The van der Waals surface area contributed by atoms with Gasteiger partial charge >= 0.3 is 0 Å². The summed E-state index contributed by atoms with van der Waals surface area (Å²) in [6, 6.07) is -0.371. The van der Waals surface area contributed by atoms with Gasteiger partial charge in [-0.2, -0.15) is 5.10 Å². The maximum atomic E-state index is 12.6. The highest BCUT2D eigenvalue weighted by molar-refractivity contribution is 9.14. The van der Waals surface area contributed by atoms with Crippen LogP contribution in [0.2, 0.25) is 0 Å². The Balaban J connectivity index is 2.17. The summed E-state index contributed by atoms with van der Waals surface area (Å²) in [4.78, 5) is 14.5. The summed E-state index contributed by atoms with van der Waals surface area (Å²) in [5, 5.41) is 4.32. The Kier molecular flexibility index (Phi) is 5.31. The zero-order valence-corrected chi connectivity index (χ0v) is 16.2. The van der Waals surface area contributed by atoms with Gasteiger partial charge in [0.1, 0.15) is 15.2 Å². The Bertz CT molecular complexity index is 510. The highest BCUT2D eigenvalue weighted by atomic mass is 79.9. The van der Waals surface area contributed by atoms with E-state index in [-0.39, 0.29) is 24.2 Å². The monoisotopic (exact) mass is 471 g/mol. The number of nitrogens with zero attached hydrogens (tertiary/aromatic N) is 3. The van der Waals surface area contributed by atoms with Crippen molar-refractivity contribution in [2.75, 3.05) is 13.1 Å². The van der Waals surface area contributed by atoms with Gasteiger partial charge in [-0.15, -0.1) is 0 Å². The van der Waals surface area contributed by atoms with Crippen molar-refractivity contribution in [1.82, 2.24) is 14.7 Å². The standard InChI is InChI=1S/C12H16Br3N3O2/c1-6-4-17(5-7(2)20-6)12(19)8(3)18-11(15)9(13)10(14)16-18/h6-8H,4-5H2,1-3H3. The Morgan fingerprint density at radius 3 is 2.30 bits per heavy atom. The second-order valence-electron chi connectivity index (χ2n) is 5.02. The third-order valence-corrected chi connectivity index (χ3v) is 6.34. The first-order valence-corrected chi connectivity index (χ1v) is 8.72. The average molecular weight is 474 g/mol. The predicted octanol–water partition coefficient (Wildman–Crippen LogP) is 3.37. The molecule has 1 aliphatic heterocycles. The van der Waals surface area contributed by atoms with Crippen LogP contribution in [0.15, 0.2) is 13.7 Å². The molecule has 0 aromatic carbocycles. The fourth-order valence-corrected chi connectivity index (χ4v) is 3.81. The molecular weight excluding hydrogens is 458 g/mol. The van der Waals surface area contributed by atoms with Gasteiger partial charge in [-0.3, -0.25) is 4.79 Å². The van der Waals surface area contributed by atoms with E-state index in [0.717, 1.165) is 9.08 Å². The largest absolute Gasteiger partial charge is 0.372 e. The van der Waals surface area contributed by atoms with Crippen molar-refractivity contribution in [1.29, 1.82) is 0 Å². The highest BCUT2D eigenvalue weighted by Crippen LogP contribution is 2.32. The van der Waals surface area contributed by atoms with Gasteiger partial charge in [0.25, 0.3) is 0 Å². The van der Waals surface area contributed by atoms with Crippen molar-refractivity contribution < 1.29 is 9.53 Å². The number of ether oxygens (including phenoxy) is 1. The molecule has 0 N–H and O–H groups in total. The zero-order valence-electron chi connectivity index (χ0n) is 11.4. The fraction of sp³-hybridized carbons (Fsp3) is 0.667. The summed E-state index contributed by atoms with van der Waals surface area (Å²) in [5.74, 6) is 0.0511. The molecule has 8 heteroatoms. The van der Waals surface area contributed by atoms with Crippen molar-refractivity contribution in [2.24, 2.45) is 0 Å². The van der Waals surface area contributed by atoms with Gasteiger partial charge in [0.05, 0.1) is 16.7 Å². The minimum atomic E-state index is -0.371. The van der Waals surface area contributed by atoms with Crippen LogP contribution in [-0.2, 0) is 9.53 Å². The van der Waals surface area contributed by atoms with E-state index < -0.39 is 0 Å². The van der Waals surface area contributed by atoms with E-state index in [9.17, 15) is 4.79 Å². The molecular formula is C12H16Br3N3O2. The maximum Gasteiger partial charge on any atom is 0.247 e. The van der Waals surface area contributed by atoms with Crippen molar-refractivity contribution >= 4 is 53.7 Å². The van der Waals surface area contributed by atoms with Crippen LogP contribution in [0.5, 0.6) is 0 Å². The van der Waals surface area contributed by atoms with Crippen LogP contribution < -0.4 is 0 Å². The van der Waals surface area contributed by atoms with Crippen LogP contribution in [-0.4, -0.2) is 45.9 Å². The molecule has 0 saturated carbocycles. The number of morpholine rings is 1. The highest BCUT2D eigenvalue weighted by Gasteiger charge is 2.31. The van der Waals surface area contributed by atoms with E-state index in [1.54, 1.807) is 4.68 Å². The van der Waals surface area contributed by atoms with E-state index in [2.05, 4.69) is 52.9 Å². The van der Waals surface area contributed by atoms with Crippen molar-refractivity contribution in [3.8, 4) is 0 Å². The molecule has 2 rings (SSSR count). The molecule has 3 unspecified atom stereocenters.